The number of hydrogen-bond donors (Lipinski definition) is 0. The van der Waals surface area contributed by atoms with Crippen LogP contribution in [0.1, 0.15) is 11.1 Å². The van der Waals surface area contributed by atoms with Gasteiger partial charge >= 0.3 is 0 Å². The molecule has 0 spiro atoms. The molecule has 0 bridgehead atoms. The van der Waals surface area contributed by atoms with Crippen molar-refractivity contribution < 1.29 is 18.3 Å². The topological polar surface area (TPSA) is 67.5 Å². The van der Waals surface area contributed by atoms with Crippen LogP contribution < -0.4 is 0 Å². The van der Waals surface area contributed by atoms with Crippen LogP contribution in [0.15, 0.2) is 0 Å². The molecule has 6 heteroatoms. The molecule has 1 aromatic carbocycles. The van der Waals surface area contributed by atoms with Gasteiger partial charge in [0, 0.05) is 0 Å². The predicted octanol–water partition coefficient (Wildman–Crippen LogP) is 1.99. The number of nitriles is 2. The summed E-state index contributed by atoms with van der Waals surface area (Å²) >= 11 is 0. The van der Waals surface area contributed by atoms with Gasteiger partial charge in [0.05, 0.1) is 0 Å². The maximum Gasteiger partial charge on any atom is 0.236 e. The van der Waals surface area contributed by atoms with Crippen molar-refractivity contribution in [2.24, 2.45) is 0 Å². The molecule has 0 atom stereocenters. The molecule has 0 aromatic heterocycles. The Morgan fingerprint density at radius 1 is 0.857 bits per heavy atom. The molecule has 0 saturated heterocycles. The van der Waals surface area contributed by atoms with Gasteiger partial charge in [0.15, 0.2) is 11.6 Å². The lowest BCUT2D eigenvalue weighted by atomic mass is 10.1. The number of hydrogen-bond acceptors (Lipinski definition) is 2. The van der Waals surface area contributed by atoms with Crippen molar-refractivity contribution in [1.82, 2.24) is 0 Å². The van der Waals surface area contributed by atoms with Crippen LogP contribution in [0.3, 0.4) is 0 Å². The van der Waals surface area contributed by atoms with Gasteiger partial charge in [-0.25, -0.2) is 8.78 Å². The second-order valence-electron chi connectivity index (χ2n) is 2.24. The Labute approximate surface area is 76.2 Å². The summed E-state index contributed by atoms with van der Waals surface area (Å²) in [4.78, 5) is 0. The summed E-state index contributed by atoms with van der Waals surface area (Å²) in [6.07, 6.45) is 0. The number of benzene rings is 1. The van der Waals surface area contributed by atoms with E-state index >= 15 is 0 Å². The van der Waals surface area contributed by atoms with E-state index in [1.807, 2.05) is 0 Å². The standard InChI is InChI=1S/C8F3N2O/c9-5-3(1-12)4(2-13)8(14)7(11)6(5)10. The van der Waals surface area contributed by atoms with E-state index in [4.69, 9.17) is 10.5 Å². The van der Waals surface area contributed by atoms with Gasteiger partial charge in [-0.3, -0.25) is 5.11 Å². The van der Waals surface area contributed by atoms with Gasteiger partial charge in [-0.15, -0.1) is 0 Å². The zero-order valence-electron chi connectivity index (χ0n) is 6.44. The minimum absolute atomic E-state index is 1.02. The van der Waals surface area contributed by atoms with Gasteiger partial charge in [0.2, 0.25) is 11.6 Å². The molecule has 1 radical (unpaired) electrons. The van der Waals surface area contributed by atoms with Crippen LogP contribution in [0.5, 0.6) is 5.75 Å². The Bertz CT molecular complexity index is 440. The highest BCUT2D eigenvalue weighted by molar-refractivity contribution is 5.54. The van der Waals surface area contributed by atoms with Crippen LogP contribution in [0.4, 0.5) is 13.2 Å². The fraction of sp³-hybridized carbons (Fsp3) is 0. The summed E-state index contributed by atoms with van der Waals surface area (Å²) < 4.78 is 37.9. The van der Waals surface area contributed by atoms with Crippen LogP contribution in [0, 0.1) is 40.1 Å². The van der Waals surface area contributed by atoms with Crippen molar-refractivity contribution in [2.75, 3.05) is 0 Å². The molecule has 0 unspecified atom stereocenters. The zero-order chi connectivity index (χ0) is 10.9. The Hall–Kier alpha value is -2.21. The molecule has 1 aromatic rings. The quantitative estimate of drug-likeness (QED) is 0.596. The van der Waals surface area contributed by atoms with Crippen molar-refractivity contribution in [1.29, 1.82) is 10.5 Å². The lowest BCUT2D eigenvalue weighted by Gasteiger charge is -2.00. The van der Waals surface area contributed by atoms with E-state index in [0.29, 0.717) is 0 Å². The first-order valence-electron chi connectivity index (χ1n) is 3.22. The molecule has 0 N–H and O–H groups in total. The van der Waals surface area contributed by atoms with Gasteiger partial charge < -0.3 is 0 Å². The monoisotopic (exact) mass is 197 g/mol. The number of nitrogens with zero attached hydrogens (tertiary/aromatic N) is 2. The lowest BCUT2D eigenvalue weighted by molar-refractivity contribution is 0.312. The van der Waals surface area contributed by atoms with Gasteiger partial charge in [-0.05, 0) is 0 Å². The predicted molar refractivity (Wildman–Crippen MR) is 35.9 cm³/mol. The Balaban J connectivity index is 3.79. The van der Waals surface area contributed by atoms with Crippen LogP contribution in [-0.2, 0) is 5.11 Å². The first-order valence-corrected chi connectivity index (χ1v) is 3.22. The highest BCUT2D eigenvalue weighted by atomic mass is 19.2. The second kappa shape index (κ2) is 3.27. The van der Waals surface area contributed by atoms with E-state index in [9.17, 15) is 18.3 Å². The highest BCUT2D eigenvalue weighted by Gasteiger charge is 2.25. The smallest absolute Gasteiger partial charge is 0.236 e. The third kappa shape index (κ3) is 1.14. The molecule has 0 amide bonds. The maximum atomic E-state index is 12.8. The Kier molecular flexibility index (Phi) is 2.30. The van der Waals surface area contributed by atoms with Gasteiger partial charge in [0.1, 0.15) is 23.3 Å². The van der Waals surface area contributed by atoms with E-state index in [1.54, 1.807) is 0 Å². The average molecular weight is 197 g/mol. The van der Waals surface area contributed by atoms with Crippen molar-refractivity contribution >= 4 is 0 Å². The lowest BCUT2D eigenvalue weighted by Crippen LogP contribution is -1.99. The minimum atomic E-state index is -2.04. The molecule has 0 aliphatic heterocycles. The summed E-state index contributed by atoms with van der Waals surface area (Å²) in [6.45, 7) is 0. The van der Waals surface area contributed by atoms with E-state index in [1.165, 1.54) is 0 Å². The maximum absolute atomic E-state index is 12.8. The van der Waals surface area contributed by atoms with E-state index in [2.05, 4.69) is 0 Å². The number of halogens is 3. The van der Waals surface area contributed by atoms with Crippen molar-refractivity contribution in [3.8, 4) is 17.9 Å². The van der Waals surface area contributed by atoms with Gasteiger partial charge in [0.25, 0.3) is 0 Å². The molecule has 0 saturated carbocycles. The van der Waals surface area contributed by atoms with Gasteiger partial charge in [-0.1, -0.05) is 0 Å². The minimum Gasteiger partial charge on any atom is -0.285 e. The molecule has 69 valence electrons. The zero-order valence-corrected chi connectivity index (χ0v) is 6.44. The van der Waals surface area contributed by atoms with Crippen molar-refractivity contribution in [3.63, 3.8) is 0 Å². The molecule has 3 nitrogen and oxygen atoms in total. The van der Waals surface area contributed by atoms with E-state index in [0.717, 1.165) is 12.1 Å². The highest BCUT2D eigenvalue weighted by Crippen LogP contribution is 2.29. The molecule has 0 aliphatic carbocycles. The first kappa shape index (κ1) is 9.87. The molecular weight excluding hydrogens is 197 g/mol. The summed E-state index contributed by atoms with van der Waals surface area (Å²) in [5.74, 6) is -7.45. The molecule has 14 heavy (non-hydrogen) atoms. The Morgan fingerprint density at radius 2 is 1.36 bits per heavy atom. The van der Waals surface area contributed by atoms with Crippen LogP contribution in [0.2, 0.25) is 0 Å². The molecule has 0 heterocycles. The fourth-order valence-electron chi connectivity index (χ4n) is 0.850. The molecule has 0 fully saturated rings. The average Bonchev–Trinajstić information content (AvgIpc) is 2.20. The summed E-state index contributed by atoms with van der Waals surface area (Å²) in [5.41, 5.74) is -2.10. The van der Waals surface area contributed by atoms with Crippen LogP contribution >= 0.6 is 0 Å². The van der Waals surface area contributed by atoms with Crippen molar-refractivity contribution in [2.45, 2.75) is 0 Å². The third-order valence-corrected chi connectivity index (χ3v) is 1.50. The van der Waals surface area contributed by atoms with Crippen LogP contribution in [-0.4, -0.2) is 0 Å². The largest absolute Gasteiger partial charge is 0.285 e. The molecular formula is C8F3N2O. The SMILES string of the molecule is N#Cc1c([O])c(F)c(F)c(F)c1C#N. The summed E-state index contributed by atoms with van der Waals surface area (Å²) in [7, 11) is 0. The normalized spacial score (nSPS) is 9.21. The third-order valence-electron chi connectivity index (χ3n) is 1.50. The van der Waals surface area contributed by atoms with Crippen LogP contribution in [0.25, 0.3) is 0 Å². The fourth-order valence-corrected chi connectivity index (χ4v) is 0.850. The summed E-state index contributed by atoms with van der Waals surface area (Å²) in [6, 6.07) is 2.26. The second-order valence-corrected chi connectivity index (χ2v) is 2.24. The first-order chi connectivity index (χ1) is 6.54. The molecule has 0 aliphatic rings. The van der Waals surface area contributed by atoms with Gasteiger partial charge in [-0.2, -0.15) is 14.9 Å². The Morgan fingerprint density at radius 3 is 1.79 bits per heavy atom. The van der Waals surface area contributed by atoms with E-state index in [-0.39, 0.29) is 0 Å². The van der Waals surface area contributed by atoms with E-state index < -0.39 is 34.3 Å². The summed E-state index contributed by atoms with van der Waals surface area (Å²) in [5, 5.41) is 27.4. The van der Waals surface area contributed by atoms with Crippen molar-refractivity contribution in [3.05, 3.63) is 28.6 Å². The molecule has 1 rings (SSSR count). The number of rotatable bonds is 0.